The first-order valence-electron chi connectivity index (χ1n) is 15.2. The number of carbonyl (C=O) groups excluding carboxylic acids is 2. The van der Waals surface area contributed by atoms with Gasteiger partial charge in [-0.1, -0.05) is 57.9 Å². The molecule has 4 aromatic rings. The summed E-state index contributed by atoms with van der Waals surface area (Å²) in [6.45, 7) is 9.78. The molecule has 1 saturated heterocycles. The second-order valence-corrected chi connectivity index (χ2v) is 12.3. The standard InChI is InChI=1S/C34H41N5O3S/c1-6-7-8-10-25-13-15-26(16-14-25)32(40)38-18-17-37(21-24(38)4)33(41)29-20-35-39(31(29)23(2)3)34-36-30(22-43-34)27-11-9-12-28(19-27)42-5/h9,11-16,19-20,22-24H,6-8,10,17-18,21H2,1-5H3. The number of ether oxygens (including phenoxy) is 1. The van der Waals surface area contributed by atoms with E-state index >= 15 is 0 Å². The second kappa shape index (κ2) is 13.5. The molecule has 0 radical (unpaired) electrons. The highest BCUT2D eigenvalue weighted by Crippen LogP contribution is 2.30. The number of amides is 2. The van der Waals surface area contributed by atoms with Gasteiger partial charge in [0.05, 0.1) is 30.3 Å². The van der Waals surface area contributed by atoms with Gasteiger partial charge < -0.3 is 14.5 Å². The first kappa shape index (κ1) is 30.5. The van der Waals surface area contributed by atoms with Crippen LogP contribution in [0.2, 0.25) is 0 Å². The number of piperazine rings is 1. The van der Waals surface area contributed by atoms with Crippen molar-refractivity contribution in [1.29, 1.82) is 0 Å². The maximum atomic E-state index is 13.8. The summed E-state index contributed by atoms with van der Waals surface area (Å²) in [6.07, 6.45) is 6.29. The molecule has 8 nitrogen and oxygen atoms in total. The van der Waals surface area contributed by atoms with Gasteiger partial charge in [-0.05, 0) is 55.5 Å². The highest BCUT2D eigenvalue weighted by atomic mass is 32.1. The molecule has 1 atom stereocenters. The van der Waals surface area contributed by atoms with Gasteiger partial charge in [0.1, 0.15) is 5.75 Å². The molecular formula is C34H41N5O3S. The fraction of sp³-hybridized carbons (Fsp3) is 0.412. The number of aryl methyl sites for hydroxylation is 1. The van der Waals surface area contributed by atoms with Gasteiger partial charge in [-0.3, -0.25) is 9.59 Å². The maximum absolute atomic E-state index is 13.8. The van der Waals surface area contributed by atoms with E-state index in [9.17, 15) is 9.59 Å². The normalized spacial score (nSPS) is 15.3. The van der Waals surface area contributed by atoms with Crippen molar-refractivity contribution in [2.45, 2.75) is 65.3 Å². The Balaban J connectivity index is 1.28. The van der Waals surface area contributed by atoms with E-state index in [4.69, 9.17) is 9.72 Å². The highest BCUT2D eigenvalue weighted by Gasteiger charge is 2.33. The first-order valence-corrected chi connectivity index (χ1v) is 16.1. The molecule has 1 aliphatic heterocycles. The number of hydrogen-bond acceptors (Lipinski definition) is 6. The summed E-state index contributed by atoms with van der Waals surface area (Å²) in [6, 6.07) is 15.7. The Morgan fingerprint density at radius 3 is 2.56 bits per heavy atom. The molecule has 2 amide bonds. The van der Waals surface area contributed by atoms with E-state index in [2.05, 4.69) is 38.0 Å². The van der Waals surface area contributed by atoms with Crippen molar-refractivity contribution in [3.8, 4) is 22.1 Å². The van der Waals surface area contributed by atoms with Crippen LogP contribution in [0.5, 0.6) is 5.75 Å². The van der Waals surface area contributed by atoms with Crippen LogP contribution in [0, 0.1) is 0 Å². The van der Waals surface area contributed by atoms with Crippen LogP contribution in [0.15, 0.2) is 60.1 Å². The number of aromatic nitrogens is 3. The lowest BCUT2D eigenvalue weighted by atomic mass is 10.0. The Morgan fingerprint density at radius 1 is 1.07 bits per heavy atom. The van der Waals surface area contributed by atoms with E-state index < -0.39 is 0 Å². The van der Waals surface area contributed by atoms with Gasteiger partial charge in [0.25, 0.3) is 11.8 Å². The lowest BCUT2D eigenvalue weighted by Gasteiger charge is -2.40. The molecule has 1 unspecified atom stereocenters. The molecule has 226 valence electrons. The van der Waals surface area contributed by atoms with Crippen molar-refractivity contribution in [2.24, 2.45) is 0 Å². The van der Waals surface area contributed by atoms with E-state index in [1.165, 1.54) is 36.2 Å². The van der Waals surface area contributed by atoms with Crippen molar-refractivity contribution in [3.05, 3.63) is 82.5 Å². The number of benzene rings is 2. The zero-order chi connectivity index (χ0) is 30.5. The van der Waals surface area contributed by atoms with Gasteiger partial charge in [-0.15, -0.1) is 11.3 Å². The Morgan fingerprint density at radius 2 is 1.86 bits per heavy atom. The predicted octanol–water partition coefficient (Wildman–Crippen LogP) is 6.85. The van der Waals surface area contributed by atoms with Crippen LogP contribution in [0.3, 0.4) is 0 Å². The number of methoxy groups -OCH3 is 1. The van der Waals surface area contributed by atoms with Crippen LogP contribution in [0.1, 0.15) is 84.8 Å². The average molecular weight is 600 g/mol. The summed E-state index contributed by atoms with van der Waals surface area (Å²) in [4.78, 5) is 35.8. The Bertz CT molecular complexity index is 1560. The van der Waals surface area contributed by atoms with Gasteiger partial charge >= 0.3 is 0 Å². The molecule has 9 heteroatoms. The molecule has 2 aromatic heterocycles. The summed E-state index contributed by atoms with van der Waals surface area (Å²) in [5.41, 5.74) is 5.18. The van der Waals surface area contributed by atoms with E-state index in [0.717, 1.165) is 29.1 Å². The third-order valence-electron chi connectivity index (χ3n) is 8.07. The van der Waals surface area contributed by atoms with Crippen LogP contribution in [-0.4, -0.2) is 69.2 Å². The second-order valence-electron chi connectivity index (χ2n) is 11.5. The summed E-state index contributed by atoms with van der Waals surface area (Å²) in [5.74, 6) is 0.783. The third kappa shape index (κ3) is 6.67. The number of unbranched alkanes of at least 4 members (excludes halogenated alkanes) is 2. The quantitative estimate of drug-likeness (QED) is 0.186. The van der Waals surface area contributed by atoms with Crippen LogP contribution in [0.4, 0.5) is 0 Å². The van der Waals surface area contributed by atoms with E-state index in [1.807, 2.05) is 58.5 Å². The van der Waals surface area contributed by atoms with Gasteiger partial charge in [-0.25, -0.2) is 9.67 Å². The number of nitrogens with zero attached hydrogens (tertiary/aromatic N) is 5. The molecule has 0 aliphatic carbocycles. The topological polar surface area (TPSA) is 80.6 Å². The van der Waals surface area contributed by atoms with E-state index in [0.29, 0.717) is 35.9 Å². The SMILES string of the molecule is CCCCCc1ccc(C(=O)N2CCN(C(=O)c3cnn(-c4nc(-c5cccc(OC)c5)cs4)c3C(C)C)CC2C)cc1. The molecule has 1 fully saturated rings. The van der Waals surface area contributed by atoms with E-state index in [1.54, 1.807) is 18.0 Å². The number of carbonyl (C=O) groups is 2. The van der Waals surface area contributed by atoms with Gasteiger partial charge in [0, 0.05) is 42.2 Å². The third-order valence-corrected chi connectivity index (χ3v) is 8.88. The Kier molecular flexibility index (Phi) is 9.60. The lowest BCUT2D eigenvalue weighted by molar-refractivity contribution is 0.0413. The number of thiazole rings is 1. The summed E-state index contributed by atoms with van der Waals surface area (Å²) in [7, 11) is 1.65. The molecule has 0 N–H and O–H groups in total. The maximum Gasteiger partial charge on any atom is 0.257 e. The van der Waals surface area contributed by atoms with Gasteiger partial charge in [0.2, 0.25) is 5.13 Å². The molecule has 5 rings (SSSR count). The molecule has 1 aliphatic rings. The van der Waals surface area contributed by atoms with Crippen LogP contribution < -0.4 is 4.74 Å². The van der Waals surface area contributed by atoms with Crippen LogP contribution in [-0.2, 0) is 6.42 Å². The Labute approximate surface area is 258 Å². The van der Waals surface area contributed by atoms with Crippen molar-refractivity contribution in [1.82, 2.24) is 24.6 Å². The lowest BCUT2D eigenvalue weighted by Crippen LogP contribution is -2.55. The summed E-state index contributed by atoms with van der Waals surface area (Å²) in [5, 5.41) is 7.33. The smallest absolute Gasteiger partial charge is 0.257 e. The highest BCUT2D eigenvalue weighted by molar-refractivity contribution is 7.12. The fourth-order valence-corrected chi connectivity index (χ4v) is 6.48. The zero-order valence-corrected chi connectivity index (χ0v) is 26.6. The molecule has 43 heavy (non-hydrogen) atoms. The zero-order valence-electron chi connectivity index (χ0n) is 25.7. The fourth-order valence-electron chi connectivity index (χ4n) is 5.68. The first-order chi connectivity index (χ1) is 20.8. The molecule has 0 spiro atoms. The largest absolute Gasteiger partial charge is 0.497 e. The Hall–Kier alpha value is -3.98. The van der Waals surface area contributed by atoms with Crippen molar-refractivity contribution < 1.29 is 14.3 Å². The van der Waals surface area contributed by atoms with Crippen LogP contribution in [0.25, 0.3) is 16.4 Å². The van der Waals surface area contributed by atoms with Gasteiger partial charge in [-0.2, -0.15) is 5.10 Å². The summed E-state index contributed by atoms with van der Waals surface area (Å²) < 4.78 is 7.16. The van der Waals surface area contributed by atoms with Gasteiger partial charge in [0.15, 0.2) is 0 Å². The monoisotopic (exact) mass is 599 g/mol. The predicted molar refractivity (Wildman–Crippen MR) is 171 cm³/mol. The molecule has 0 saturated carbocycles. The minimum absolute atomic E-state index is 0.0195. The molecule has 2 aromatic carbocycles. The number of hydrogen-bond donors (Lipinski definition) is 0. The molecule has 0 bridgehead atoms. The molecular weight excluding hydrogens is 558 g/mol. The minimum atomic E-state index is -0.101. The van der Waals surface area contributed by atoms with Crippen molar-refractivity contribution in [3.63, 3.8) is 0 Å². The van der Waals surface area contributed by atoms with Crippen LogP contribution >= 0.6 is 11.3 Å². The van der Waals surface area contributed by atoms with Crippen molar-refractivity contribution in [2.75, 3.05) is 26.7 Å². The number of rotatable bonds is 10. The van der Waals surface area contributed by atoms with Crippen molar-refractivity contribution >= 4 is 23.2 Å². The summed E-state index contributed by atoms with van der Waals surface area (Å²) >= 11 is 1.49. The average Bonchev–Trinajstić information content (AvgIpc) is 3.69. The van der Waals surface area contributed by atoms with E-state index in [-0.39, 0.29) is 23.8 Å². The molecule has 3 heterocycles. The minimum Gasteiger partial charge on any atom is -0.497 e.